The van der Waals surface area contributed by atoms with Crippen molar-refractivity contribution in [2.24, 2.45) is 5.41 Å². The Morgan fingerprint density at radius 2 is 1.84 bits per heavy atom. The number of nitrogens with zero attached hydrogens (tertiary/aromatic N) is 1. The minimum Gasteiger partial charge on any atom is -0.312 e. The fraction of sp³-hybridized carbons (Fsp3) is 1.00. The molecule has 0 amide bonds. The molecule has 0 bridgehead atoms. The molecular weight excluding hydrogens is 260 g/mol. The van der Waals surface area contributed by atoms with Gasteiger partial charge in [-0.15, -0.1) is 0 Å². The van der Waals surface area contributed by atoms with Crippen molar-refractivity contribution in [2.45, 2.75) is 65.0 Å². The molecular formula is C14H28N2O2S. The maximum atomic E-state index is 12.6. The summed E-state index contributed by atoms with van der Waals surface area (Å²) in [5.74, 6) is 0.250. The third kappa shape index (κ3) is 4.72. The van der Waals surface area contributed by atoms with Crippen molar-refractivity contribution in [3.05, 3.63) is 0 Å². The molecule has 112 valence electrons. The topological polar surface area (TPSA) is 49.4 Å². The van der Waals surface area contributed by atoms with Crippen molar-refractivity contribution >= 4 is 10.0 Å². The highest BCUT2D eigenvalue weighted by Crippen LogP contribution is 2.26. The molecule has 1 saturated heterocycles. The van der Waals surface area contributed by atoms with Gasteiger partial charge in [-0.3, -0.25) is 0 Å². The second-order valence-electron chi connectivity index (χ2n) is 7.26. The van der Waals surface area contributed by atoms with Gasteiger partial charge in [0.25, 0.3) is 0 Å². The van der Waals surface area contributed by atoms with Gasteiger partial charge in [0.05, 0.1) is 5.75 Å². The van der Waals surface area contributed by atoms with E-state index in [1.54, 1.807) is 4.31 Å². The van der Waals surface area contributed by atoms with Gasteiger partial charge in [-0.25, -0.2) is 8.42 Å². The molecule has 19 heavy (non-hydrogen) atoms. The first-order valence-corrected chi connectivity index (χ1v) is 9.12. The van der Waals surface area contributed by atoms with Crippen molar-refractivity contribution in [2.75, 3.05) is 18.8 Å². The van der Waals surface area contributed by atoms with Gasteiger partial charge in [0.2, 0.25) is 10.0 Å². The standard InChI is InChI=1S/C14H28N2O2S/c1-14(2,3)11-19(17,18)16-9-5-4-6-13(16)10-15-12-7-8-12/h12-13,15H,4-11H2,1-3H3. The van der Waals surface area contributed by atoms with Crippen LogP contribution in [-0.2, 0) is 10.0 Å². The zero-order chi connectivity index (χ0) is 14.1. The monoisotopic (exact) mass is 288 g/mol. The van der Waals surface area contributed by atoms with Gasteiger partial charge >= 0.3 is 0 Å². The molecule has 0 radical (unpaired) electrons. The highest BCUT2D eigenvalue weighted by Gasteiger charge is 2.35. The van der Waals surface area contributed by atoms with Crippen LogP contribution in [0.2, 0.25) is 0 Å². The molecule has 1 aliphatic heterocycles. The van der Waals surface area contributed by atoms with E-state index < -0.39 is 10.0 Å². The Labute approximate surface area is 118 Å². The van der Waals surface area contributed by atoms with Crippen molar-refractivity contribution in [1.29, 1.82) is 0 Å². The summed E-state index contributed by atoms with van der Waals surface area (Å²) in [7, 11) is -3.12. The number of hydrogen-bond acceptors (Lipinski definition) is 3. The van der Waals surface area contributed by atoms with Crippen LogP contribution in [0.15, 0.2) is 0 Å². The van der Waals surface area contributed by atoms with E-state index in [2.05, 4.69) is 5.32 Å². The molecule has 2 aliphatic rings. The summed E-state index contributed by atoms with van der Waals surface area (Å²) in [4.78, 5) is 0. The number of rotatable bonds is 5. The van der Waals surface area contributed by atoms with E-state index >= 15 is 0 Å². The van der Waals surface area contributed by atoms with E-state index in [0.717, 1.165) is 25.8 Å². The number of sulfonamides is 1. The fourth-order valence-electron chi connectivity index (χ4n) is 2.76. The number of nitrogens with one attached hydrogen (secondary N) is 1. The van der Waals surface area contributed by atoms with Gasteiger partial charge in [-0.05, 0) is 31.1 Å². The minimum atomic E-state index is -3.12. The molecule has 0 spiro atoms. The smallest absolute Gasteiger partial charge is 0.214 e. The lowest BCUT2D eigenvalue weighted by molar-refractivity contribution is 0.242. The summed E-state index contributed by atoms with van der Waals surface area (Å²) in [6.07, 6.45) is 5.66. The van der Waals surface area contributed by atoms with E-state index in [0.29, 0.717) is 12.6 Å². The molecule has 0 aromatic heterocycles. The molecule has 1 N–H and O–H groups in total. The molecule has 5 heteroatoms. The lowest BCUT2D eigenvalue weighted by Gasteiger charge is -2.36. The SMILES string of the molecule is CC(C)(C)CS(=O)(=O)N1CCCCC1CNC1CC1. The van der Waals surface area contributed by atoms with Crippen LogP contribution in [0.4, 0.5) is 0 Å². The highest BCUT2D eigenvalue weighted by atomic mass is 32.2. The molecule has 1 aliphatic carbocycles. The summed E-state index contributed by atoms with van der Waals surface area (Å²) < 4.78 is 26.9. The van der Waals surface area contributed by atoms with Crippen molar-refractivity contribution in [3.8, 4) is 0 Å². The van der Waals surface area contributed by atoms with Crippen LogP contribution in [-0.4, -0.2) is 43.6 Å². The normalized spacial score (nSPS) is 26.6. The molecule has 1 unspecified atom stereocenters. The lowest BCUT2D eigenvalue weighted by Crippen LogP contribution is -2.50. The quantitative estimate of drug-likeness (QED) is 0.841. The Morgan fingerprint density at radius 3 is 2.42 bits per heavy atom. The zero-order valence-corrected chi connectivity index (χ0v) is 13.3. The first-order valence-electron chi connectivity index (χ1n) is 7.51. The van der Waals surface area contributed by atoms with Gasteiger partial charge in [-0.2, -0.15) is 4.31 Å². The average molecular weight is 288 g/mol. The Balaban J connectivity index is 2.00. The third-order valence-electron chi connectivity index (χ3n) is 3.77. The van der Waals surface area contributed by atoms with E-state index in [-0.39, 0.29) is 17.2 Å². The summed E-state index contributed by atoms with van der Waals surface area (Å²) in [5, 5.41) is 3.49. The van der Waals surface area contributed by atoms with Gasteiger partial charge in [0.1, 0.15) is 0 Å². The molecule has 2 fully saturated rings. The van der Waals surface area contributed by atoms with Crippen molar-refractivity contribution < 1.29 is 8.42 Å². The maximum absolute atomic E-state index is 12.6. The summed E-state index contributed by atoms with van der Waals surface area (Å²) in [6.45, 7) is 7.51. The summed E-state index contributed by atoms with van der Waals surface area (Å²) in [6, 6.07) is 0.816. The molecule has 2 rings (SSSR count). The summed E-state index contributed by atoms with van der Waals surface area (Å²) in [5.41, 5.74) is -0.176. The van der Waals surface area contributed by atoms with Gasteiger partial charge in [0.15, 0.2) is 0 Å². The number of piperidine rings is 1. The minimum absolute atomic E-state index is 0.168. The first-order chi connectivity index (χ1) is 8.78. The van der Waals surface area contributed by atoms with Gasteiger partial charge < -0.3 is 5.32 Å². The van der Waals surface area contributed by atoms with Crippen LogP contribution in [0.5, 0.6) is 0 Å². The maximum Gasteiger partial charge on any atom is 0.214 e. The molecule has 1 saturated carbocycles. The Morgan fingerprint density at radius 1 is 1.16 bits per heavy atom. The van der Waals surface area contributed by atoms with Crippen LogP contribution < -0.4 is 5.32 Å². The van der Waals surface area contributed by atoms with E-state index in [1.807, 2.05) is 20.8 Å². The first kappa shape index (κ1) is 15.3. The van der Waals surface area contributed by atoms with Crippen LogP contribution in [0.1, 0.15) is 52.9 Å². The number of hydrogen-bond donors (Lipinski definition) is 1. The van der Waals surface area contributed by atoms with Crippen LogP contribution >= 0.6 is 0 Å². The third-order valence-corrected chi connectivity index (χ3v) is 6.19. The van der Waals surface area contributed by atoms with Crippen LogP contribution in [0, 0.1) is 5.41 Å². The molecule has 0 aromatic carbocycles. The molecule has 1 heterocycles. The fourth-order valence-corrected chi connectivity index (χ4v) is 5.07. The Kier molecular flexibility index (Phi) is 4.58. The second kappa shape index (κ2) is 5.70. The lowest BCUT2D eigenvalue weighted by atomic mass is 10.0. The van der Waals surface area contributed by atoms with Gasteiger partial charge in [0, 0.05) is 25.2 Å². The highest BCUT2D eigenvalue weighted by molar-refractivity contribution is 7.89. The van der Waals surface area contributed by atoms with Crippen molar-refractivity contribution in [3.63, 3.8) is 0 Å². The zero-order valence-electron chi connectivity index (χ0n) is 12.5. The van der Waals surface area contributed by atoms with Crippen molar-refractivity contribution in [1.82, 2.24) is 9.62 Å². The second-order valence-corrected chi connectivity index (χ2v) is 9.18. The molecule has 4 nitrogen and oxygen atoms in total. The van der Waals surface area contributed by atoms with Crippen LogP contribution in [0.3, 0.4) is 0 Å². The van der Waals surface area contributed by atoms with E-state index in [1.165, 1.54) is 12.8 Å². The Bertz CT molecular complexity index is 396. The molecule has 1 atom stereocenters. The van der Waals surface area contributed by atoms with E-state index in [9.17, 15) is 8.42 Å². The predicted molar refractivity (Wildman–Crippen MR) is 78.6 cm³/mol. The predicted octanol–water partition coefficient (Wildman–Crippen LogP) is 1.97. The van der Waals surface area contributed by atoms with E-state index in [4.69, 9.17) is 0 Å². The van der Waals surface area contributed by atoms with Crippen LogP contribution in [0.25, 0.3) is 0 Å². The Hall–Kier alpha value is -0.130. The van der Waals surface area contributed by atoms with Gasteiger partial charge in [-0.1, -0.05) is 27.2 Å². The molecule has 0 aromatic rings. The average Bonchev–Trinajstić information content (AvgIpc) is 3.07. The summed E-state index contributed by atoms with van der Waals surface area (Å²) >= 11 is 0. The largest absolute Gasteiger partial charge is 0.312 e.